The molecule has 0 bridgehead atoms. The Bertz CT molecular complexity index is 921. The molecular weight excluding hydrogens is 346 g/mol. The first-order valence-electron chi connectivity index (χ1n) is 7.29. The Kier molecular flexibility index (Phi) is 5.22. The summed E-state index contributed by atoms with van der Waals surface area (Å²) in [4.78, 5) is 11.4. The molecule has 8 heteroatoms. The third-order valence-corrected chi connectivity index (χ3v) is 4.96. The molecule has 0 radical (unpaired) electrons. The average Bonchev–Trinajstić information content (AvgIpc) is 2.56. The molecule has 2 N–H and O–H groups in total. The van der Waals surface area contributed by atoms with Crippen molar-refractivity contribution in [2.45, 2.75) is 18.7 Å². The molecular formula is C17H19NO6S. The number of carbonyl (C=O) groups is 1. The quantitative estimate of drug-likeness (QED) is 0.816. The zero-order chi connectivity index (χ0) is 18.8. The van der Waals surface area contributed by atoms with Gasteiger partial charge in [0.05, 0.1) is 30.4 Å². The summed E-state index contributed by atoms with van der Waals surface area (Å²) in [7, 11) is -1.17. The molecule has 134 valence electrons. The Morgan fingerprint density at radius 1 is 1.04 bits per heavy atom. The van der Waals surface area contributed by atoms with Gasteiger partial charge in [-0.05, 0) is 43.2 Å². The van der Waals surface area contributed by atoms with Crippen molar-refractivity contribution in [3.05, 3.63) is 47.0 Å². The first kappa shape index (κ1) is 18.6. The van der Waals surface area contributed by atoms with E-state index in [0.717, 1.165) is 5.56 Å². The Morgan fingerprint density at radius 3 is 2.24 bits per heavy atom. The van der Waals surface area contributed by atoms with Crippen LogP contribution in [-0.4, -0.2) is 33.7 Å². The summed E-state index contributed by atoms with van der Waals surface area (Å²) in [5.41, 5.74) is 1.17. The number of hydrogen-bond donors (Lipinski definition) is 2. The molecule has 0 amide bonds. The minimum absolute atomic E-state index is 0.0351. The number of carboxylic acid groups (broad SMARTS) is 1. The summed E-state index contributed by atoms with van der Waals surface area (Å²) in [5.74, 6) is -0.569. The summed E-state index contributed by atoms with van der Waals surface area (Å²) in [5, 5.41) is 9.36. The molecule has 0 aliphatic carbocycles. The number of ether oxygens (including phenoxy) is 2. The van der Waals surface area contributed by atoms with Crippen molar-refractivity contribution >= 4 is 21.7 Å². The highest BCUT2D eigenvalue weighted by Crippen LogP contribution is 2.31. The number of nitrogens with one attached hydrogen (secondary N) is 1. The first-order chi connectivity index (χ1) is 11.7. The highest BCUT2D eigenvalue weighted by Gasteiger charge is 2.22. The predicted molar refractivity (Wildman–Crippen MR) is 93.2 cm³/mol. The summed E-state index contributed by atoms with van der Waals surface area (Å²) < 4.78 is 37.9. The maximum Gasteiger partial charge on any atom is 0.337 e. The molecule has 0 aliphatic heterocycles. The summed E-state index contributed by atoms with van der Waals surface area (Å²) in [6.45, 7) is 3.39. The van der Waals surface area contributed by atoms with Crippen LogP contribution in [0.25, 0.3) is 0 Å². The molecule has 2 aromatic carbocycles. The van der Waals surface area contributed by atoms with Gasteiger partial charge >= 0.3 is 5.97 Å². The first-order valence-corrected chi connectivity index (χ1v) is 8.77. The zero-order valence-electron chi connectivity index (χ0n) is 14.3. The van der Waals surface area contributed by atoms with E-state index < -0.39 is 16.0 Å². The van der Waals surface area contributed by atoms with E-state index in [0.29, 0.717) is 11.3 Å². The normalized spacial score (nSPS) is 11.0. The Morgan fingerprint density at radius 2 is 1.68 bits per heavy atom. The smallest absolute Gasteiger partial charge is 0.337 e. The van der Waals surface area contributed by atoms with Crippen molar-refractivity contribution < 1.29 is 27.8 Å². The third kappa shape index (κ3) is 3.85. The van der Waals surface area contributed by atoms with Gasteiger partial charge in [0.15, 0.2) is 11.5 Å². The van der Waals surface area contributed by atoms with Crippen molar-refractivity contribution in [1.29, 1.82) is 0 Å². The second-order valence-corrected chi connectivity index (χ2v) is 7.11. The van der Waals surface area contributed by atoms with E-state index in [9.17, 15) is 18.3 Å². The van der Waals surface area contributed by atoms with Crippen LogP contribution in [-0.2, 0) is 10.0 Å². The molecule has 0 atom stereocenters. The fourth-order valence-corrected chi connectivity index (χ4v) is 3.62. The van der Waals surface area contributed by atoms with Gasteiger partial charge in [0.2, 0.25) is 0 Å². The number of benzene rings is 2. The molecule has 0 saturated carbocycles. The van der Waals surface area contributed by atoms with E-state index in [1.807, 2.05) is 0 Å². The van der Waals surface area contributed by atoms with Crippen LogP contribution in [0.3, 0.4) is 0 Å². The fourth-order valence-electron chi connectivity index (χ4n) is 2.45. The third-order valence-electron chi connectivity index (χ3n) is 3.61. The van der Waals surface area contributed by atoms with E-state index >= 15 is 0 Å². The topological polar surface area (TPSA) is 102 Å². The SMILES string of the molecule is COc1ccc(S(=O)(=O)Nc2c(C)cc(C)cc2C(=O)O)cc1OC. The summed E-state index contributed by atoms with van der Waals surface area (Å²) in [6.07, 6.45) is 0. The maximum absolute atomic E-state index is 12.7. The van der Waals surface area contributed by atoms with Crippen molar-refractivity contribution in [2.24, 2.45) is 0 Å². The number of aryl methyl sites for hydroxylation is 2. The highest BCUT2D eigenvalue weighted by atomic mass is 32.2. The van der Waals surface area contributed by atoms with Gasteiger partial charge in [-0.3, -0.25) is 4.72 Å². The van der Waals surface area contributed by atoms with Crippen molar-refractivity contribution in [3.8, 4) is 11.5 Å². The molecule has 7 nitrogen and oxygen atoms in total. The van der Waals surface area contributed by atoms with E-state index in [-0.39, 0.29) is 21.9 Å². The van der Waals surface area contributed by atoms with Crippen LogP contribution >= 0.6 is 0 Å². The number of anilines is 1. The van der Waals surface area contributed by atoms with Crippen LogP contribution in [0.2, 0.25) is 0 Å². The fraction of sp³-hybridized carbons (Fsp3) is 0.235. The molecule has 25 heavy (non-hydrogen) atoms. The minimum atomic E-state index is -4.01. The number of hydrogen-bond acceptors (Lipinski definition) is 5. The zero-order valence-corrected chi connectivity index (χ0v) is 15.1. The van der Waals surface area contributed by atoms with E-state index in [1.54, 1.807) is 19.9 Å². The highest BCUT2D eigenvalue weighted by molar-refractivity contribution is 7.92. The lowest BCUT2D eigenvalue weighted by Crippen LogP contribution is -2.17. The monoisotopic (exact) mass is 365 g/mol. The van der Waals surface area contributed by atoms with Crippen LogP contribution in [0, 0.1) is 13.8 Å². The number of aromatic carboxylic acids is 1. The van der Waals surface area contributed by atoms with Gasteiger partial charge in [0, 0.05) is 6.07 Å². The Hall–Kier alpha value is -2.74. The molecule has 0 spiro atoms. The van der Waals surface area contributed by atoms with Crippen LogP contribution in [0.1, 0.15) is 21.5 Å². The molecule has 0 unspecified atom stereocenters. The van der Waals surface area contributed by atoms with Crippen molar-refractivity contribution in [1.82, 2.24) is 0 Å². The van der Waals surface area contributed by atoms with Gasteiger partial charge in [-0.2, -0.15) is 0 Å². The molecule has 2 aromatic rings. The van der Waals surface area contributed by atoms with Gasteiger partial charge in [0.25, 0.3) is 10.0 Å². The predicted octanol–water partition coefficient (Wildman–Crippen LogP) is 2.82. The van der Waals surface area contributed by atoms with E-state index in [2.05, 4.69) is 4.72 Å². The van der Waals surface area contributed by atoms with Crippen LogP contribution in [0.15, 0.2) is 35.2 Å². The Labute approximate surface area is 146 Å². The van der Waals surface area contributed by atoms with Crippen molar-refractivity contribution in [2.75, 3.05) is 18.9 Å². The molecule has 0 fully saturated rings. The molecule has 2 rings (SSSR count). The van der Waals surface area contributed by atoms with Gasteiger partial charge in [0.1, 0.15) is 0 Å². The van der Waals surface area contributed by atoms with Crippen LogP contribution < -0.4 is 14.2 Å². The molecule has 0 heterocycles. The molecule has 0 saturated heterocycles. The lowest BCUT2D eigenvalue weighted by atomic mass is 10.0. The number of rotatable bonds is 6. The molecule has 0 aromatic heterocycles. The summed E-state index contributed by atoms with van der Waals surface area (Å²) >= 11 is 0. The standard InChI is InChI=1S/C17H19NO6S/c1-10-7-11(2)16(13(8-10)17(19)20)18-25(21,22)12-5-6-14(23-3)15(9-12)24-4/h5-9,18H,1-4H3,(H,19,20). The second kappa shape index (κ2) is 7.02. The van der Waals surface area contributed by atoms with Crippen molar-refractivity contribution in [3.63, 3.8) is 0 Å². The van der Waals surface area contributed by atoms with Crippen LogP contribution in [0.4, 0.5) is 5.69 Å². The van der Waals surface area contributed by atoms with Gasteiger partial charge < -0.3 is 14.6 Å². The number of sulfonamides is 1. The van der Waals surface area contributed by atoms with Crippen LogP contribution in [0.5, 0.6) is 11.5 Å². The lowest BCUT2D eigenvalue weighted by molar-refractivity contribution is 0.0698. The van der Waals surface area contributed by atoms with E-state index in [4.69, 9.17) is 9.47 Å². The van der Waals surface area contributed by atoms with Gasteiger partial charge in [-0.15, -0.1) is 0 Å². The largest absolute Gasteiger partial charge is 0.493 e. The lowest BCUT2D eigenvalue weighted by Gasteiger charge is -2.15. The maximum atomic E-state index is 12.7. The summed E-state index contributed by atoms with van der Waals surface area (Å²) in [6, 6.07) is 7.26. The van der Waals surface area contributed by atoms with Gasteiger partial charge in [-0.25, -0.2) is 13.2 Å². The number of carboxylic acids is 1. The number of methoxy groups -OCH3 is 2. The van der Waals surface area contributed by atoms with E-state index in [1.165, 1.54) is 38.5 Å². The minimum Gasteiger partial charge on any atom is -0.493 e. The van der Waals surface area contributed by atoms with Gasteiger partial charge in [-0.1, -0.05) is 6.07 Å². The second-order valence-electron chi connectivity index (χ2n) is 5.43. The average molecular weight is 365 g/mol. The molecule has 0 aliphatic rings. The Balaban J connectivity index is 2.52.